The number of carbonyl (C=O) groups excluding carboxylic acids is 1. The van der Waals surface area contributed by atoms with Crippen LogP contribution in [-0.2, 0) is 4.79 Å². The molecular formula is C22H45NO2. The Hall–Kier alpha value is -0.570. The van der Waals surface area contributed by atoms with E-state index in [-0.39, 0.29) is 12.5 Å². The molecule has 3 heteroatoms. The predicted molar refractivity (Wildman–Crippen MR) is 109 cm³/mol. The summed E-state index contributed by atoms with van der Waals surface area (Å²) < 4.78 is 0. The van der Waals surface area contributed by atoms with Gasteiger partial charge in [0.15, 0.2) is 0 Å². The highest BCUT2D eigenvalue weighted by Gasteiger charge is 2.11. The van der Waals surface area contributed by atoms with Crippen LogP contribution < -0.4 is 0 Å². The summed E-state index contributed by atoms with van der Waals surface area (Å²) in [5.41, 5.74) is 0. The molecule has 0 heterocycles. The first-order valence-electron chi connectivity index (χ1n) is 11.1. The highest BCUT2D eigenvalue weighted by atomic mass is 16.3. The minimum atomic E-state index is 0.173. The molecule has 0 aliphatic carbocycles. The third-order valence-electron chi connectivity index (χ3n) is 4.93. The molecule has 0 unspecified atom stereocenters. The van der Waals surface area contributed by atoms with E-state index in [0.717, 1.165) is 19.4 Å². The van der Waals surface area contributed by atoms with Gasteiger partial charge in [-0.25, -0.2) is 0 Å². The minimum Gasteiger partial charge on any atom is -0.396 e. The second-order valence-corrected chi connectivity index (χ2v) is 7.45. The quantitative estimate of drug-likeness (QED) is 0.285. The number of nitrogens with zero attached hydrogens (tertiary/aromatic N) is 1. The fourth-order valence-corrected chi connectivity index (χ4v) is 3.34. The first-order valence-corrected chi connectivity index (χ1v) is 11.1. The monoisotopic (exact) mass is 355 g/mol. The van der Waals surface area contributed by atoms with Crippen LogP contribution in [-0.4, -0.2) is 35.6 Å². The van der Waals surface area contributed by atoms with Crippen molar-refractivity contribution in [2.75, 3.05) is 19.7 Å². The Morgan fingerprint density at radius 2 is 1.12 bits per heavy atom. The van der Waals surface area contributed by atoms with E-state index in [1.165, 1.54) is 77.0 Å². The Balaban J connectivity index is 3.40. The van der Waals surface area contributed by atoms with Crippen molar-refractivity contribution in [3.05, 3.63) is 0 Å². The molecular weight excluding hydrogens is 310 g/mol. The van der Waals surface area contributed by atoms with E-state index in [1.807, 2.05) is 4.90 Å². The molecule has 0 aliphatic rings. The van der Waals surface area contributed by atoms with Crippen LogP contribution in [0.25, 0.3) is 0 Å². The molecule has 150 valence electrons. The molecule has 0 saturated carbocycles. The summed E-state index contributed by atoms with van der Waals surface area (Å²) in [6.45, 7) is 6.09. The molecule has 0 bridgehead atoms. The molecule has 0 aliphatic heterocycles. The number of aliphatic hydroxyl groups excluding tert-OH is 1. The molecule has 25 heavy (non-hydrogen) atoms. The van der Waals surface area contributed by atoms with Gasteiger partial charge >= 0.3 is 0 Å². The number of hydrogen-bond acceptors (Lipinski definition) is 2. The average Bonchev–Trinajstić information content (AvgIpc) is 2.62. The average molecular weight is 356 g/mol. The Morgan fingerprint density at radius 3 is 1.56 bits per heavy atom. The zero-order chi connectivity index (χ0) is 18.6. The molecule has 1 N–H and O–H groups in total. The largest absolute Gasteiger partial charge is 0.396 e. The maximum absolute atomic E-state index is 12.2. The van der Waals surface area contributed by atoms with Gasteiger partial charge in [-0.2, -0.15) is 0 Å². The minimum absolute atomic E-state index is 0.173. The van der Waals surface area contributed by atoms with Gasteiger partial charge in [0.1, 0.15) is 0 Å². The highest BCUT2D eigenvalue weighted by Crippen LogP contribution is 2.13. The fraction of sp³-hybridized carbons (Fsp3) is 0.955. The molecule has 0 atom stereocenters. The summed E-state index contributed by atoms with van der Waals surface area (Å²) in [5.74, 6) is 0.276. The number of rotatable bonds is 19. The van der Waals surface area contributed by atoms with Crippen molar-refractivity contribution >= 4 is 5.91 Å². The van der Waals surface area contributed by atoms with Crippen LogP contribution in [0.5, 0.6) is 0 Å². The Bertz CT molecular complexity index is 281. The zero-order valence-electron chi connectivity index (χ0n) is 17.2. The van der Waals surface area contributed by atoms with Crippen molar-refractivity contribution in [1.29, 1.82) is 0 Å². The summed E-state index contributed by atoms with van der Waals surface area (Å²) in [4.78, 5) is 14.1. The second kappa shape index (κ2) is 19.8. The Labute approximate surface area is 157 Å². The molecule has 0 radical (unpaired) electrons. The maximum atomic E-state index is 12.2. The van der Waals surface area contributed by atoms with Crippen molar-refractivity contribution in [3.8, 4) is 0 Å². The van der Waals surface area contributed by atoms with Crippen molar-refractivity contribution < 1.29 is 9.90 Å². The lowest BCUT2D eigenvalue weighted by Crippen LogP contribution is -2.32. The third-order valence-corrected chi connectivity index (χ3v) is 4.93. The van der Waals surface area contributed by atoms with Gasteiger partial charge in [-0.05, 0) is 19.3 Å². The van der Waals surface area contributed by atoms with Crippen molar-refractivity contribution in [1.82, 2.24) is 4.90 Å². The standard InChI is InChI=1S/C22H45NO2/c1-3-5-6-7-8-9-10-11-12-13-14-15-16-18-22(25)23(19-4-2)20-17-21-24/h24H,3-21H2,1-2H3. The molecule has 0 rings (SSSR count). The topological polar surface area (TPSA) is 40.5 Å². The van der Waals surface area contributed by atoms with E-state index in [9.17, 15) is 4.79 Å². The zero-order valence-corrected chi connectivity index (χ0v) is 17.2. The lowest BCUT2D eigenvalue weighted by atomic mass is 10.0. The third kappa shape index (κ3) is 16.6. The van der Waals surface area contributed by atoms with Crippen LogP contribution in [0.15, 0.2) is 0 Å². The van der Waals surface area contributed by atoms with Gasteiger partial charge in [0.05, 0.1) is 0 Å². The number of aliphatic hydroxyl groups is 1. The van der Waals surface area contributed by atoms with E-state index >= 15 is 0 Å². The van der Waals surface area contributed by atoms with Crippen LogP contribution in [0, 0.1) is 0 Å². The van der Waals surface area contributed by atoms with E-state index in [1.54, 1.807) is 0 Å². The van der Waals surface area contributed by atoms with Crippen LogP contribution in [0.3, 0.4) is 0 Å². The summed E-state index contributed by atoms with van der Waals surface area (Å²) >= 11 is 0. The van der Waals surface area contributed by atoms with E-state index in [4.69, 9.17) is 5.11 Å². The number of amides is 1. The lowest BCUT2D eigenvalue weighted by molar-refractivity contribution is -0.131. The first kappa shape index (κ1) is 24.4. The molecule has 0 aromatic heterocycles. The van der Waals surface area contributed by atoms with Crippen molar-refractivity contribution in [2.45, 2.75) is 117 Å². The van der Waals surface area contributed by atoms with Gasteiger partial charge in [-0.3, -0.25) is 4.79 Å². The van der Waals surface area contributed by atoms with E-state index in [0.29, 0.717) is 19.4 Å². The van der Waals surface area contributed by atoms with Crippen molar-refractivity contribution in [2.24, 2.45) is 0 Å². The van der Waals surface area contributed by atoms with Gasteiger partial charge in [0, 0.05) is 26.1 Å². The number of hydrogen-bond donors (Lipinski definition) is 1. The molecule has 0 fully saturated rings. The second-order valence-electron chi connectivity index (χ2n) is 7.45. The summed E-state index contributed by atoms with van der Waals surface area (Å²) in [6.07, 6.45) is 19.8. The van der Waals surface area contributed by atoms with Crippen molar-refractivity contribution in [3.63, 3.8) is 0 Å². The maximum Gasteiger partial charge on any atom is 0.222 e. The highest BCUT2D eigenvalue weighted by molar-refractivity contribution is 5.76. The lowest BCUT2D eigenvalue weighted by Gasteiger charge is -2.21. The normalized spacial score (nSPS) is 11.0. The van der Waals surface area contributed by atoms with Gasteiger partial charge in [-0.1, -0.05) is 90.9 Å². The van der Waals surface area contributed by atoms with Gasteiger partial charge in [0.2, 0.25) is 5.91 Å². The van der Waals surface area contributed by atoms with Crippen LogP contribution in [0.2, 0.25) is 0 Å². The Morgan fingerprint density at radius 1 is 0.640 bits per heavy atom. The molecule has 0 aromatic rings. The van der Waals surface area contributed by atoms with Crippen LogP contribution >= 0.6 is 0 Å². The molecule has 1 amide bonds. The smallest absolute Gasteiger partial charge is 0.222 e. The summed E-state index contributed by atoms with van der Waals surface area (Å²) in [6, 6.07) is 0. The molecule has 0 saturated heterocycles. The van der Waals surface area contributed by atoms with Crippen LogP contribution in [0.1, 0.15) is 117 Å². The van der Waals surface area contributed by atoms with E-state index < -0.39 is 0 Å². The van der Waals surface area contributed by atoms with Crippen LogP contribution in [0.4, 0.5) is 0 Å². The Kier molecular flexibility index (Phi) is 19.3. The SMILES string of the molecule is CCCCCCCCCCCCCCCC(=O)N(CCC)CCCO. The van der Waals surface area contributed by atoms with Gasteiger partial charge in [-0.15, -0.1) is 0 Å². The summed E-state index contributed by atoms with van der Waals surface area (Å²) in [7, 11) is 0. The first-order chi connectivity index (χ1) is 12.3. The predicted octanol–water partition coefficient (Wildman–Crippen LogP) is 6.09. The van der Waals surface area contributed by atoms with E-state index in [2.05, 4.69) is 13.8 Å². The number of unbranched alkanes of at least 4 members (excludes halogenated alkanes) is 12. The molecule has 0 spiro atoms. The molecule has 3 nitrogen and oxygen atoms in total. The van der Waals surface area contributed by atoms with Gasteiger partial charge < -0.3 is 10.0 Å². The fourth-order valence-electron chi connectivity index (χ4n) is 3.34. The summed E-state index contributed by atoms with van der Waals surface area (Å²) in [5, 5.41) is 8.93. The number of carbonyl (C=O) groups is 1. The molecule has 0 aromatic carbocycles. The van der Waals surface area contributed by atoms with Gasteiger partial charge in [0.25, 0.3) is 0 Å².